The van der Waals surface area contributed by atoms with Gasteiger partial charge < -0.3 is 0 Å². The standard InChI is InChI=1S/C20H32IN3/c1-18-9-4-5-15(18)14-7-6-13-11-20(3,21)17(23-24-22)12-19(13,2)16(14)8-10-18/h13-17H,4-12H2,1-3H3/t13-,14-,15-,16-,17+,18-,19-,20-/m0/s1. The minimum absolute atomic E-state index is 0.136. The maximum Gasteiger partial charge on any atom is 0.0522 e. The molecule has 0 bridgehead atoms. The largest absolute Gasteiger partial charge is 0.0892 e. The summed E-state index contributed by atoms with van der Waals surface area (Å²) in [6.45, 7) is 7.46. The Morgan fingerprint density at radius 2 is 1.79 bits per heavy atom. The Kier molecular flexibility index (Phi) is 4.20. The normalized spacial score (nSPS) is 56.6. The summed E-state index contributed by atoms with van der Waals surface area (Å²) in [4.78, 5) is 3.21. The first-order valence-electron chi connectivity index (χ1n) is 10.0. The van der Waals surface area contributed by atoms with Crippen LogP contribution in [0.5, 0.6) is 0 Å². The summed E-state index contributed by atoms with van der Waals surface area (Å²) >= 11 is 2.58. The fourth-order valence-electron chi connectivity index (χ4n) is 7.65. The van der Waals surface area contributed by atoms with Crippen molar-refractivity contribution >= 4 is 22.6 Å². The smallest absolute Gasteiger partial charge is 0.0522 e. The molecule has 0 radical (unpaired) electrons. The first-order chi connectivity index (χ1) is 11.3. The Morgan fingerprint density at radius 3 is 2.54 bits per heavy atom. The van der Waals surface area contributed by atoms with Crippen LogP contribution in [0, 0.1) is 34.5 Å². The van der Waals surface area contributed by atoms with E-state index >= 15 is 0 Å². The first-order valence-corrected chi connectivity index (χ1v) is 11.1. The van der Waals surface area contributed by atoms with Gasteiger partial charge in [-0.05, 0) is 91.4 Å². The number of hydrogen-bond acceptors (Lipinski definition) is 1. The highest BCUT2D eigenvalue weighted by molar-refractivity contribution is 14.1. The molecule has 4 rings (SSSR count). The number of fused-ring (bicyclic) bond motifs is 5. The van der Waals surface area contributed by atoms with Gasteiger partial charge in [-0.2, -0.15) is 0 Å². The van der Waals surface area contributed by atoms with E-state index in [1.807, 2.05) is 0 Å². The highest BCUT2D eigenvalue weighted by Gasteiger charge is 2.60. The molecular weight excluding hydrogens is 409 g/mol. The quantitative estimate of drug-likeness (QED) is 0.140. The van der Waals surface area contributed by atoms with Crippen LogP contribution in [0.15, 0.2) is 5.11 Å². The monoisotopic (exact) mass is 441 g/mol. The summed E-state index contributed by atoms with van der Waals surface area (Å²) in [5, 5.41) is 4.26. The molecule has 4 aliphatic rings. The SMILES string of the molecule is C[C@@]12CCC[C@H]1[C@@H]1CC[C@H]3C[C@](C)(I)[C@H](N=[N+]=[N-])C[C@]3(C)[C@H]1CC2. The molecular formula is C20H32IN3. The average Bonchev–Trinajstić information content (AvgIpc) is 2.90. The van der Waals surface area contributed by atoms with Crippen molar-refractivity contribution in [2.45, 2.75) is 88.0 Å². The van der Waals surface area contributed by atoms with E-state index in [1.165, 1.54) is 51.4 Å². The molecule has 4 saturated carbocycles. The van der Waals surface area contributed by atoms with Crippen LogP contribution in [-0.2, 0) is 0 Å². The van der Waals surface area contributed by atoms with Crippen molar-refractivity contribution in [1.29, 1.82) is 0 Å². The van der Waals surface area contributed by atoms with Crippen LogP contribution in [0.2, 0.25) is 0 Å². The van der Waals surface area contributed by atoms with E-state index in [1.54, 1.807) is 0 Å². The van der Waals surface area contributed by atoms with Gasteiger partial charge in [-0.1, -0.05) is 54.9 Å². The summed E-state index contributed by atoms with van der Waals surface area (Å²) in [5.41, 5.74) is 10.1. The number of azide groups is 1. The van der Waals surface area contributed by atoms with Crippen molar-refractivity contribution in [3.05, 3.63) is 10.4 Å². The number of halogens is 1. The van der Waals surface area contributed by atoms with Gasteiger partial charge in [-0.25, -0.2) is 0 Å². The topological polar surface area (TPSA) is 48.8 Å². The second kappa shape index (κ2) is 5.77. The Hall–Kier alpha value is 0.0400. The second-order valence-corrected chi connectivity index (χ2v) is 12.6. The van der Waals surface area contributed by atoms with Crippen LogP contribution >= 0.6 is 22.6 Å². The van der Waals surface area contributed by atoms with Crippen LogP contribution in [-0.4, -0.2) is 9.46 Å². The lowest BCUT2D eigenvalue weighted by atomic mass is 9.44. The van der Waals surface area contributed by atoms with Crippen LogP contribution < -0.4 is 0 Å². The van der Waals surface area contributed by atoms with Gasteiger partial charge in [0.05, 0.1) is 6.04 Å². The van der Waals surface area contributed by atoms with E-state index in [9.17, 15) is 0 Å². The van der Waals surface area contributed by atoms with Gasteiger partial charge >= 0.3 is 0 Å². The molecule has 0 aromatic heterocycles. The van der Waals surface area contributed by atoms with E-state index in [4.69, 9.17) is 5.53 Å². The van der Waals surface area contributed by atoms with Crippen molar-refractivity contribution in [3.63, 3.8) is 0 Å². The third-order valence-corrected chi connectivity index (χ3v) is 10.2. The number of nitrogens with zero attached hydrogens (tertiary/aromatic N) is 3. The number of hydrogen-bond donors (Lipinski definition) is 0. The molecule has 3 nitrogen and oxygen atoms in total. The van der Waals surface area contributed by atoms with Crippen molar-refractivity contribution in [2.24, 2.45) is 39.6 Å². The van der Waals surface area contributed by atoms with Gasteiger partial charge in [0.25, 0.3) is 0 Å². The second-order valence-electron chi connectivity index (χ2n) is 10.1. The molecule has 24 heavy (non-hydrogen) atoms. The highest BCUT2D eigenvalue weighted by Crippen LogP contribution is 2.67. The van der Waals surface area contributed by atoms with Gasteiger partial charge in [-0.15, -0.1) is 0 Å². The minimum atomic E-state index is 0.136. The van der Waals surface area contributed by atoms with Crippen molar-refractivity contribution < 1.29 is 0 Å². The van der Waals surface area contributed by atoms with E-state index in [2.05, 4.69) is 53.4 Å². The third kappa shape index (κ3) is 2.46. The molecule has 0 aromatic rings. The highest BCUT2D eigenvalue weighted by atomic mass is 127. The Morgan fingerprint density at radius 1 is 1.00 bits per heavy atom. The van der Waals surface area contributed by atoms with Crippen molar-refractivity contribution in [1.82, 2.24) is 0 Å². The van der Waals surface area contributed by atoms with Crippen LogP contribution in [0.25, 0.3) is 10.4 Å². The number of rotatable bonds is 1. The predicted octanol–water partition coefficient (Wildman–Crippen LogP) is 6.90. The molecule has 0 unspecified atom stereocenters. The maximum atomic E-state index is 9.08. The Bertz CT molecular complexity index is 569. The van der Waals surface area contributed by atoms with E-state index in [0.717, 1.165) is 30.1 Å². The summed E-state index contributed by atoms with van der Waals surface area (Å²) in [6, 6.07) is 0.167. The van der Waals surface area contributed by atoms with E-state index < -0.39 is 0 Å². The molecule has 0 saturated heterocycles. The maximum absolute atomic E-state index is 9.08. The Balaban J connectivity index is 1.65. The molecule has 4 heteroatoms. The van der Waals surface area contributed by atoms with Crippen LogP contribution in [0.4, 0.5) is 0 Å². The zero-order valence-corrected chi connectivity index (χ0v) is 17.6. The van der Waals surface area contributed by atoms with Crippen molar-refractivity contribution in [2.75, 3.05) is 0 Å². The molecule has 4 fully saturated rings. The Labute approximate surface area is 160 Å². The van der Waals surface area contributed by atoms with Gasteiger partial charge in [0.15, 0.2) is 0 Å². The molecule has 0 N–H and O–H groups in total. The summed E-state index contributed by atoms with van der Waals surface area (Å²) in [7, 11) is 0. The zero-order valence-electron chi connectivity index (χ0n) is 15.5. The van der Waals surface area contributed by atoms with Crippen LogP contribution in [0.1, 0.15) is 78.6 Å². The summed E-state index contributed by atoms with van der Waals surface area (Å²) in [6.07, 6.45) is 12.5. The zero-order chi connectivity index (χ0) is 17.2. The first kappa shape index (κ1) is 17.5. The molecule has 4 aliphatic carbocycles. The molecule has 0 spiro atoms. The van der Waals surface area contributed by atoms with Gasteiger partial charge in [0, 0.05) is 8.33 Å². The number of alkyl halides is 1. The molecule has 0 heterocycles. The lowest BCUT2D eigenvalue weighted by molar-refractivity contribution is -0.109. The predicted molar refractivity (Wildman–Crippen MR) is 107 cm³/mol. The van der Waals surface area contributed by atoms with Gasteiger partial charge in [0.2, 0.25) is 0 Å². The summed E-state index contributed by atoms with van der Waals surface area (Å²) in [5.74, 6) is 3.62. The van der Waals surface area contributed by atoms with Crippen molar-refractivity contribution in [3.8, 4) is 0 Å². The molecule has 0 amide bonds. The van der Waals surface area contributed by atoms with Gasteiger partial charge in [-0.3, -0.25) is 0 Å². The van der Waals surface area contributed by atoms with Crippen LogP contribution in [0.3, 0.4) is 0 Å². The molecule has 0 aliphatic heterocycles. The lowest BCUT2D eigenvalue weighted by Crippen LogP contribution is -2.57. The van der Waals surface area contributed by atoms with E-state index in [-0.39, 0.29) is 9.46 Å². The lowest BCUT2D eigenvalue weighted by Gasteiger charge is -2.62. The third-order valence-electron chi connectivity index (χ3n) is 9.01. The molecule has 134 valence electrons. The fourth-order valence-corrected chi connectivity index (χ4v) is 8.53. The molecule has 8 atom stereocenters. The van der Waals surface area contributed by atoms with E-state index in [0.29, 0.717) is 10.8 Å². The summed E-state index contributed by atoms with van der Waals surface area (Å²) < 4.78 is 0.136. The van der Waals surface area contributed by atoms with Gasteiger partial charge in [0.1, 0.15) is 0 Å². The average molecular weight is 441 g/mol. The molecule has 0 aromatic carbocycles. The minimum Gasteiger partial charge on any atom is -0.0892 e. The fraction of sp³-hybridized carbons (Fsp3) is 1.00.